The zero-order chi connectivity index (χ0) is 15.2. The van der Waals surface area contributed by atoms with Crippen molar-refractivity contribution in [3.05, 3.63) is 58.4 Å². The van der Waals surface area contributed by atoms with Gasteiger partial charge in [0.2, 0.25) is 0 Å². The Morgan fingerprint density at radius 2 is 1.86 bits per heavy atom. The minimum atomic E-state index is -0.396. The summed E-state index contributed by atoms with van der Waals surface area (Å²) >= 11 is 5.75. The molecule has 2 nitrogen and oxygen atoms in total. The standard InChI is InChI=1S/C17H20ClFN2/c1-3-13-6-4-5-12(2)17(13)21-10-9-20-14-7-8-16(19)15(18)11-14/h4-8,11,20-21H,3,9-10H2,1-2H3. The molecule has 2 rings (SSSR count). The summed E-state index contributed by atoms with van der Waals surface area (Å²) in [5.41, 5.74) is 4.60. The Labute approximate surface area is 130 Å². The van der Waals surface area contributed by atoms with Gasteiger partial charge < -0.3 is 10.6 Å². The molecule has 2 aromatic rings. The smallest absolute Gasteiger partial charge is 0.141 e. The van der Waals surface area contributed by atoms with Gasteiger partial charge in [0.15, 0.2) is 0 Å². The van der Waals surface area contributed by atoms with Gasteiger partial charge in [-0.3, -0.25) is 0 Å². The van der Waals surface area contributed by atoms with Crippen LogP contribution in [0.1, 0.15) is 18.1 Å². The first-order chi connectivity index (χ1) is 10.1. The molecule has 0 heterocycles. The molecule has 4 heteroatoms. The van der Waals surface area contributed by atoms with Crippen LogP contribution in [0.3, 0.4) is 0 Å². The second-order valence-electron chi connectivity index (χ2n) is 4.95. The molecule has 0 atom stereocenters. The highest BCUT2D eigenvalue weighted by molar-refractivity contribution is 6.31. The van der Waals surface area contributed by atoms with E-state index in [0.717, 1.165) is 25.2 Å². The maximum Gasteiger partial charge on any atom is 0.141 e. The lowest BCUT2D eigenvalue weighted by atomic mass is 10.1. The molecule has 0 radical (unpaired) electrons. The molecule has 0 aromatic heterocycles. The molecule has 0 saturated heterocycles. The predicted octanol–water partition coefficient (Wildman–Crippen LogP) is 4.87. The lowest BCUT2D eigenvalue weighted by molar-refractivity contribution is 0.628. The number of anilines is 2. The lowest BCUT2D eigenvalue weighted by Crippen LogP contribution is -2.15. The van der Waals surface area contributed by atoms with Crippen LogP contribution in [0.2, 0.25) is 5.02 Å². The Balaban J connectivity index is 1.89. The van der Waals surface area contributed by atoms with Crippen molar-refractivity contribution < 1.29 is 4.39 Å². The van der Waals surface area contributed by atoms with Crippen LogP contribution in [-0.2, 0) is 6.42 Å². The third-order valence-corrected chi connectivity index (χ3v) is 3.71. The van der Waals surface area contributed by atoms with Gasteiger partial charge in [-0.2, -0.15) is 0 Å². The van der Waals surface area contributed by atoms with Crippen LogP contribution < -0.4 is 10.6 Å². The largest absolute Gasteiger partial charge is 0.383 e. The van der Waals surface area contributed by atoms with E-state index in [4.69, 9.17) is 11.6 Å². The summed E-state index contributed by atoms with van der Waals surface area (Å²) < 4.78 is 13.1. The summed E-state index contributed by atoms with van der Waals surface area (Å²) in [5.74, 6) is -0.396. The molecular weight excluding hydrogens is 287 g/mol. The van der Waals surface area contributed by atoms with Gasteiger partial charge in [0.25, 0.3) is 0 Å². The number of halogens is 2. The van der Waals surface area contributed by atoms with Gasteiger partial charge in [0.05, 0.1) is 5.02 Å². The molecular formula is C17H20ClFN2. The maximum absolute atomic E-state index is 13.1. The number of hydrogen-bond acceptors (Lipinski definition) is 2. The fraction of sp³-hybridized carbons (Fsp3) is 0.294. The van der Waals surface area contributed by atoms with E-state index in [2.05, 4.69) is 42.7 Å². The molecule has 21 heavy (non-hydrogen) atoms. The zero-order valence-corrected chi connectivity index (χ0v) is 13.1. The minimum Gasteiger partial charge on any atom is -0.383 e. The Morgan fingerprint density at radius 3 is 2.57 bits per heavy atom. The van der Waals surface area contributed by atoms with Gasteiger partial charge in [-0.05, 0) is 42.7 Å². The quantitative estimate of drug-likeness (QED) is 0.744. The second-order valence-corrected chi connectivity index (χ2v) is 5.35. The normalized spacial score (nSPS) is 10.5. The zero-order valence-electron chi connectivity index (χ0n) is 12.3. The van der Waals surface area contributed by atoms with Crippen LogP contribution in [0.4, 0.5) is 15.8 Å². The summed E-state index contributed by atoms with van der Waals surface area (Å²) in [6.07, 6.45) is 1.00. The van der Waals surface area contributed by atoms with Gasteiger partial charge in [0, 0.05) is 24.5 Å². The van der Waals surface area contributed by atoms with Crippen molar-refractivity contribution >= 4 is 23.0 Å². The Morgan fingerprint density at radius 1 is 1.10 bits per heavy atom. The highest BCUT2D eigenvalue weighted by Crippen LogP contribution is 2.21. The molecule has 0 amide bonds. The van der Waals surface area contributed by atoms with Crippen LogP contribution in [0.25, 0.3) is 0 Å². The molecule has 0 spiro atoms. The lowest BCUT2D eigenvalue weighted by Gasteiger charge is -2.14. The number of nitrogens with one attached hydrogen (secondary N) is 2. The van der Waals surface area contributed by atoms with Crippen molar-refractivity contribution in [2.24, 2.45) is 0 Å². The fourth-order valence-corrected chi connectivity index (χ4v) is 2.46. The number of rotatable bonds is 6. The Hall–Kier alpha value is -1.74. The molecule has 0 fully saturated rings. The van der Waals surface area contributed by atoms with E-state index in [0.29, 0.717) is 0 Å². The molecule has 0 saturated carbocycles. The first-order valence-electron chi connectivity index (χ1n) is 7.13. The molecule has 0 unspecified atom stereocenters. The average molecular weight is 307 g/mol. The van der Waals surface area contributed by atoms with Gasteiger partial charge in [-0.15, -0.1) is 0 Å². The molecule has 0 aliphatic rings. The van der Waals surface area contributed by atoms with Crippen LogP contribution in [-0.4, -0.2) is 13.1 Å². The van der Waals surface area contributed by atoms with E-state index in [1.54, 1.807) is 12.1 Å². The summed E-state index contributed by atoms with van der Waals surface area (Å²) in [7, 11) is 0. The fourth-order valence-electron chi connectivity index (χ4n) is 2.28. The van der Waals surface area contributed by atoms with Crippen molar-refractivity contribution in [1.82, 2.24) is 0 Å². The van der Waals surface area contributed by atoms with Crippen molar-refractivity contribution in [2.75, 3.05) is 23.7 Å². The van der Waals surface area contributed by atoms with Gasteiger partial charge in [-0.1, -0.05) is 36.7 Å². The number of hydrogen-bond donors (Lipinski definition) is 2. The van der Waals surface area contributed by atoms with Crippen LogP contribution >= 0.6 is 11.6 Å². The maximum atomic E-state index is 13.1. The summed E-state index contributed by atoms with van der Waals surface area (Å²) in [4.78, 5) is 0. The summed E-state index contributed by atoms with van der Waals surface area (Å²) in [6.45, 7) is 5.78. The van der Waals surface area contributed by atoms with E-state index in [1.807, 2.05) is 0 Å². The first-order valence-corrected chi connectivity index (χ1v) is 7.51. The highest BCUT2D eigenvalue weighted by atomic mass is 35.5. The Kier molecular flexibility index (Phi) is 5.45. The van der Waals surface area contributed by atoms with Gasteiger partial charge >= 0.3 is 0 Å². The van der Waals surface area contributed by atoms with Crippen molar-refractivity contribution in [2.45, 2.75) is 20.3 Å². The average Bonchev–Trinajstić information content (AvgIpc) is 2.48. The predicted molar refractivity (Wildman–Crippen MR) is 88.9 cm³/mol. The molecule has 2 aromatic carbocycles. The van der Waals surface area contributed by atoms with E-state index in [-0.39, 0.29) is 5.02 Å². The van der Waals surface area contributed by atoms with E-state index in [9.17, 15) is 4.39 Å². The third kappa shape index (κ3) is 4.11. The van der Waals surface area contributed by atoms with Crippen LogP contribution in [0, 0.1) is 12.7 Å². The summed E-state index contributed by atoms with van der Waals surface area (Å²) in [5, 5.41) is 6.82. The van der Waals surface area contributed by atoms with E-state index in [1.165, 1.54) is 22.9 Å². The Bertz CT molecular complexity index is 614. The van der Waals surface area contributed by atoms with Crippen molar-refractivity contribution in [3.8, 4) is 0 Å². The summed E-state index contributed by atoms with van der Waals surface area (Å²) in [6, 6.07) is 11.0. The topological polar surface area (TPSA) is 24.1 Å². The molecule has 2 N–H and O–H groups in total. The van der Waals surface area contributed by atoms with Gasteiger partial charge in [-0.25, -0.2) is 4.39 Å². The molecule has 0 aliphatic carbocycles. The monoisotopic (exact) mass is 306 g/mol. The molecule has 112 valence electrons. The van der Waals surface area contributed by atoms with Crippen LogP contribution in [0.15, 0.2) is 36.4 Å². The van der Waals surface area contributed by atoms with Crippen LogP contribution in [0.5, 0.6) is 0 Å². The minimum absolute atomic E-state index is 0.139. The SMILES string of the molecule is CCc1cccc(C)c1NCCNc1ccc(F)c(Cl)c1. The molecule has 0 aliphatic heterocycles. The van der Waals surface area contributed by atoms with Crippen molar-refractivity contribution in [1.29, 1.82) is 0 Å². The van der Waals surface area contributed by atoms with Gasteiger partial charge in [0.1, 0.15) is 5.82 Å². The first kappa shape index (κ1) is 15.6. The second kappa shape index (κ2) is 7.32. The number of aryl methyl sites for hydroxylation is 2. The third-order valence-electron chi connectivity index (χ3n) is 3.42. The van der Waals surface area contributed by atoms with Crippen molar-refractivity contribution in [3.63, 3.8) is 0 Å². The highest BCUT2D eigenvalue weighted by Gasteiger charge is 2.03. The number of benzene rings is 2. The van der Waals surface area contributed by atoms with E-state index >= 15 is 0 Å². The van der Waals surface area contributed by atoms with E-state index < -0.39 is 5.82 Å². The molecule has 0 bridgehead atoms. The number of para-hydroxylation sites is 1.